The summed E-state index contributed by atoms with van der Waals surface area (Å²) in [6, 6.07) is 0. The Bertz CT molecular complexity index is 893. The van der Waals surface area contributed by atoms with Gasteiger partial charge in [0.2, 0.25) is 11.7 Å². The maximum atomic E-state index is 12.5. The maximum Gasteiger partial charge on any atom is 0.312 e. The lowest BCUT2D eigenvalue weighted by atomic mass is 10.1. The molecule has 0 amide bonds. The van der Waals surface area contributed by atoms with Crippen molar-refractivity contribution in [1.82, 2.24) is 14.5 Å². The number of fused-ring (bicyclic) bond motifs is 1. The lowest BCUT2D eigenvalue weighted by Crippen LogP contribution is -2.44. The molecule has 134 valence electrons. The molecule has 1 aliphatic heterocycles. The number of carbonyl (C=O) groups is 2. The number of anilines is 1. The largest absolute Gasteiger partial charge is 0.463 e. The smallest absolute Gasteiger partial charge is 0.312 e. The average Bonchev–Trinajstić information content (AvgIpc) is 3.05. The molecule has 3 heterocycles. The number of rotatable bonds is 4. The van der Waals surface area contributed by atoms with Gasteiger partial charge < -0.3 is 19.9 Å². The maximum absolute atomic E-state index is 12.5. The third-order valence-corrected chi connectivity index (χ3v) is 4.52. The second-order valence-electron chi connectivity index (χ2n) is 5.60. The number of hydrogen-bond donors (Lipinski definition) is 1. The highest BCUT2D eigenvalue weighted by Crippen LogP contribution is 2.35. The van der Waals surface area contributed by atoms with Gasteiger partial charge in [0.25, 0.3) is 0 Å². The molecule has 11 heteroatoms. The van der Waals surface area contributed by atoms with Crippen molar-refractivity contribution >= 4 is 39.6 Å². The predicted molar refractivity (Wildman–Crippen MR) is 86.8 cm³/mol. The van der Waals surface area contributed by atoms with Gasteiger partial charge in [0.1, 0.15) is 13.2 Å². The van der Waals surface area contributed by atoms with E-state index in [-0.39, 0.29) is 36.1 Å². The topological polar surface area (TPSA) is 136 Å². The second kappa shape index (κ2) is 6.41. The standard InChI is InChI=1S/C14H16N4O6S/c1-7(19)22-5-9-3-14(6-23-9,24-8(2)20)18-11-10(25-13(18)21)4-16-12(15)17-11/h4,9H,3,5-6H2,1-2H3,(H2,15,16,17)/t9-,14-/m0/s1. The quantitative estimate of drug-likeness (QED) is 0.740. The Morgan fingerprint density at radius 3 is 2.92 bits per heavy atom. The molecule has 2 N–H and O–H groups in total. The normalized spacial score (nSPS) is 22.9. The molecule has 1 aliphatic rings. The molecule has 0 aromatic carbocycles. The van der Waals surface area contributed by atoms with Gasteiger partial charge in [0.05, 0.1) is 17.0 Å². The zero-order valence-electron chi connectivity index (χ0n) is 13.6. The minimum absolute atomic E-state index is 0.00703. The summed E-state index contributed by atoms with van der Waals surface area (Å²) in [7, 11) is 0. The summed E-state index contributed by atoms with van der Waals surface area (Å²) < 4.78 is 17.8. The Morgan fingerprint density at radius 2 is 2.24 bits per heavy atom. The van der Waals surface area contributed by atoms with Crippen molar-refractivity contribution < 1.29 is 23.8 Å². The molecule has 0 bridgehead atoms. The minimum atomic E-state index is -1.38. The first-order chi connectivity index (χ1) is 11.8. The van der Waals surface area contributed by atoms with Crippen LogP contribution in [0.2, 0.25) is 0 Å². The van der Waals surface area contributed by atoms with Gasteiger partial charge in [-0.3, -0.25) is 14.4 Å². The Labute approximate surface area is 145 Å². The van der Waals surface area contributed by atoms with E-state index in [1.165, 1.54) is 24.6 Å². The summed E-state index contributed by atoms with van der Waals surface area (Å²) in [5, 5.41) is 0. The van der Waals surface area contributed by atoms with E-state index in [4.69, 9.17) is 19.9 Å². The van der Waals surface area contributed by atoms with E-state index in [0.717, 1.165) is 11.3 Å². The number of esters is 2. The summed E-state index contributed by atoms with van der Waals surface area (Å²) in [5.41, 5.74) is 4.51. The molecule has 0 saturated carbocycles. The van der Waals surface area contributed by atoms with Crippen LogP contribution in [0.5, 0.6) is 0 Å². The summed E-state index contributed by atoms with van der Waals surface area (Å²) in [6.45, 7) is 2.44. The van der Waals surface area contributed by atoms with Gasteiger partial charge >= 0.3 is 16.8 Å². The number of thiazole rings is 1. The molecular weight excluding hydrogens is 352 g/mol. The van der Waals surface area contributed by atoms with Crippen LogP contribution in [0.15, 0.2) is 11.0 Å². The SMILES string of the molecule is CC(=O)OC[C@@H]1C[C@@](OC(C)=O)(n2c(=O)sc3cnc(N)nc32)CO1. The molecule has 3 rings (SSSR count). The lowest BCUT2D eigenvalue weighted by molar-refractivity contribution is -0.169. The first kappa shape index (κ1) is 17.3. The number of ether oxygens (including phenoxy) is 3. The molecule has 2 atom stereocenters. The van der Waals surface area contributed by atoms with Crippen LogP contribution < -0.4 is 10.6 Å². The van der Waals surface area contributed by atoms with Crippen molar-refractivity contribution in [3.8, 4) is 0 Å². The van der Waals surface area contributed by atoms with Crippen LogP contribution in [0, 0.1) is 0 Å². The summed E-state index contributed by atoms with van der Waals surface area (Å²) in [4.78, 5) is 42.8. The summed E-state index contributed by atoms with van der Waals surface area (Å²) >= 11 is 0.914. The number of hydrogen-bond acceptors (Lipinski definition) is 10. The predicted octanol–water partition coefficient (Wildman–Crippen LogP) is 0.00310. The van der Waals surface area contributed by atoms with E-state index in [0.29, 0.717) is 4.70 Å². The molecule has 1 saturated heterocycles. The Morgan fingerprint density at radius 1 is 1.48 bits per heavy atom. The zero-order chi connectivity index (χ0) is 18.2. The summed E-state index contributed by atoms with van der Waals surface area (Å²) in [5.74, 6) is -1.04. The first-order valence-electron chi connectivity index (χ1n) is 7.40. The lowest BCUT2D eigenvalue weighted by Gasteiger charge is -2.28. The third-order valence-electron chi connectivity index (χ3n) is 3.65. The first-order valence-corrected chi connectivity index (χ1v) is 8.21. The van der Waals surface area contributed by atoms with Crippen LogP contribution in [0.25, 0.3) is 10.3 Å². The highest BCUT2D eigenvalue weighted by Gasteiger charge is 2.47. The summed E-state index contributed by atoms with van der Waals surface area (Å²) in [6.07, 6.45) is 1.05. The number of nitrogens with two attached hydrogens (primary N) is 1. The van der Waals surface area contributed by atoms with Crippen molar-refractivity contribution in [3.63, 3.8) is 0 Å². The fraction of sp³-hybridized carbons (Fsp3) is 0.500. The van der Waals surface area contributed by atoms with Crippen molar-refractivity contribution in [3.05, 3.63) is 15.9 Å². The molecule has 0 aliphatic carbocycles. The van der Waals surface area contributed by atoms with Gasteiger partial charge in [-0.25, -0.2) is 9.55 Å². The molecule has 25 heavy (non-hydrogen) atoms. The fourth-order valence-corrected chi connectivity index (χ4v) is 3.64. The Balaban J connectivity index is 2.04. The van der Waals surface area contributed by atoms with E-state index in [9.17, 15) is 14.4 Å². The Hall–Kier alpha value is -2.53. The molecule has 1 fully saturated rings. The molecule has 10 nitrogen and oxygen atoms in total. The monoisotopic (exact) mass is 368 g/mol. The van der Waals surface area contributed by atoms with Crippen LogP contribution in [0.4, 0.5) is 5.95 Å². The van der Waals surface area contributed by atoms with Gasteiger partial charge in [-0.1, -0.05) is 11.3 Å². The van der Waals surface area contributed by atoms with Crippen LogP contribution in [0.1, 0.15) is 20.3 Å². The van der Waals surface area contributed by atoms with E-state index < -0.39 is 23.8 Å². The fourth-order valence-electron chi connectivity index (χ4n) is 2.77. The van der Waals surface area contributed by atoms with Crippen molar-refractivity contribution in [1.29, 1.82) is 0 Å². The molecule has 0 unspecified atom stereocenters. The second-order valence-corrected chi connectivity index (χ2v) is 6.59. The van der Waals surface area contributed by atoms with Crippen molar-refractivity contribution in [2.75, 3.05) is 18.9 Å². The van der Waals surface area contributed by atoms with Crippen molar-refractivity contribution in [2.45, 2.75) is 32.1 Å². The molecule has 2 aromatic heterocycles. The highest BCUT2D eigenvalue weighted by atomic mass is 32.1. The number of nitrogens with zero attached hydrogens (tertiary/aromatic N) is 3. The van der Waals surface area contributed by atoms with Gasteiger partial charge in [0.15, 0.2) is 5.65 Å². The zero-order valence-corrected chi connectivity index (χ0v) is 14.4. The van der Waals surface area contributed by atoms with E-state index in [1.807, 2.05) is 0 Å². The molecule has 0 radical (unpaired) electrons. The average molecular weight is 368 g/mol. The van der Waals surface area contributed by atoms with Crippen LogP contribution in [-0.4, -0.2) is 45.8 Å². The number of nitrogen functional groups attached to an aromatic ring is 1. The van der Waals surface area contributed by atoms with Crippen molar-refractivity contribution in [2.24, 2.45) is 0 Å². The molecule has 0 spiro atoms. The van der Waals surface area contributed by atoms with Gasteiger partial charge in [-0.2, -0.15) is 4.98 Å². The number of aromatic nitrogens is 3. The minimum Gasteiger partial charge on any atom is -0.463 e. The highest BCUT2D eigenvalue weighted by molar-refractivity contribution is 7.16. The van der Waals surface area contributed by atoms with Gasteiger partial charge in [-0.05, 0) is 0 Å². The van der Waals surface area contributed by atoms with Crippen LogP contribution >= 0.6 is 11.3 Å². The van der Waals surface area contributed by atoms with Crippen LogP contribution in [-0.2, 0) is 29.5 Å². The number of carbonyl (C=O) groups excluding carboxylic acids is 2. The van der Waals surface area contributed by atoms with Gasteiger partial charge in [0, 0.05) is 20.3 Å². The van der Waals surface area contributed by atoms with Gasteiger partial charge in [-0.15, -0.1) is 0 Å². The van der Waals surface area contributed by atoms with E-state index in [2.05, 4.69) is 9.97 Å². The molecule has 2 aromatic rings. The Kier molecular flexibility index (Phi) is 4.43. The van der Waals surface area contributed by atoms with E-state index >= 15 is 0 Å². The van der Waals surface area contributed by atoms with Crippen LogP contribution in [0.3, 0.4) is 0 Å². The van der Waals surface area contributed by atoms with E-state index in [1.54, 1.807) is 0 Å². The third kappa shape index (κ3) is 3.33. The molecular formula is C14H16N4O6S.